The van der Waals surface area contributed by atoms with Crippen LogP contribution in [0.5, 0.6) is 5.75 Å². The monoisotopic (exact) mass is 267 g/mol. The summed E-state index contributed by atoms with van der Waals surface area (Å²) in [4.78, 5) is 4.20. The van der Waals surface area contributed by atoms with Gasteiger partial charge in [-0.05, 0) is 17.7 Å². The Morgan fingerprint density at radius 1 is 1.32 bits per heavy atom. The van der Waals surface area contributed by atoms with Gasteiger partial charge in [0.2, 0.25) is 0 Å². The number of hydrogen-bond acceptors (Lipinski definition) is 3. The Labute approximate surface area is 109 Å². The number of hydrogen-bond donors (Lipinski definition) is 1. The smallest absolute Gasteiger partial charge is 0.387 e. The lowest BCUT2D eigenvalue weighted by Crippen LogP contribution is -2.15. The van der Waals surface area contributed by atoms with E-state index >= 15 is 0 Å². The first-order valence-electron chi connectivity index (χ1n) is 5.83. The van der Waals surface area contributed by atoms with Crippen molar-refractivity contribution in [3.63, 3.8) is 0 Å². The molecule has 2 aromatic rings. The van der Waals surface area contributed by atoms with E-state index in [2.05, 4.69) is 9.72 Å². The fourth-order valence-corrected chi connectivity index (χ4v) is 1.80. The second kappa shape index (κ2) is 5.79. The molecule has 0 saturated carbocycles. The summed E-state index contributed by atoms with van der Waals surface area (Å²) >= 11 is 0. The van der Waals surface area contributed by atoms with E-state index in [0.29, 0.717) is 6.42 Å². The number of ether oxygens (including phenoxy) is 1. The molecule has 102 valence electrons. The molecule has 2 rings (SSSR count). The number of nitrogens with two attached hydrogens (primary N) is 1. The van der Waals surface area contributed by atoms with Crippen molar-refractivity contribution in [3.05, 3.63) is 48.0 Å². The van der Waals surface area contributed by atoms with Crippen LogP contribution >= 0.6 is 0 Å². The minimum atomic E-state index is -2.81. The highest BCUT2D eigenvalue weighted by atomic mass is 19.3. The zero-order valence-electron chi connectivity index (χ0n) is 10.5. The van der Waals surface area contributed by atoms with Gasteiger partial charge < -0.3 is 15.0 Å². The van der Waals surface area contributed by atoms with E-state index < -0.39 is 6.61 Å². The van der Waals surface area contributed by atoms with Crippen LogP contribution in [0.15, 0.2) is 36.7 Å². The molecule has 1 atom stereocenters. The number of benzene rings is 1. The quantitative estimate of drug-likeness (QED) is 0.904. The van der Waals surface area contributed by atoms with Gasteiger partial charge in [-0.15, -0.1) is 0 Å². The molecule has 2 N–H and O–H groups in total. The molecule has 1 aromatic carbocycles. The summed E-state index contributed by atoms with van der Waals surface area (Å²) in [5.41, 5.74) is 6.92. The Balaban J connectivity index is 2.03. The Bertz CT molecular complexity index is 525. The predicted molar refractivity (Wildman–Crippen MR) is 66.9 cm³/mol. The zero-order chi connectivity index (χ0) is 13.8. The van der Waals surface area contributed by atoms with E-state index in [9.17, 15) is 8.78 Å². The Hall–Kier alpha value is -1.95. The van der Waals surface area contributed by atoms with Crippen LogP contribution in [-0.2, 0) is 13.5 Å². The van der Waals surface area contributed by atoms with Crippen LogP contribution in [-0.4, -0.2) is 16.2 Å². The van der Waals surface area contributed by atoms with Gasteiger partial charge in [-0.25, -0.2) is 4.98 Å². The third kappa shape index (κ3) is 3.51. The predicted octanol–water partition coefficient (Wildman–Crippen LogP) is 2.26. The van der Waals surface area contributed by atoms with Crippen LogP contribution in [0.25, 0.3) is 0 Å². The van der Waals surface area contributed by atoms with Crippen LogP contribution in [0.4, 0.5) is 8.78 Å². The average Bonchev–Trinajstić information content (AvgIpc) is 2.75. The summed E-state index contributed by atoms with van der Waals surface area (Å²) in [7, 11) is 1.90. The fourth-order valence-electron chi connectivity index (χ4n) is 1.80. The van der Waals surface area contributed by atoms with E-state index in [1.807, 2.05) is 17.8 Å². The van der Waals surface area contributed by atoms with Gasteiger partial charge in [-0.2, -0.15) is 8.78 Å². The molecule has 0 aliphatic heterocycles. The van der Waals surface area contributed by atoms with Gasteiger partial charge in [0.1, 0.15) is 11.6 Å². The van der Waals surface area contributed by atoms with E-state index in [4.69, 9.17) is 5.73 Å². The van der Waals surface area contributed by atoms with Gasteiger partial charge in [0, 0.05) is 31.9 Å². The van der Waals surface area contributed by atoms with Crippen LogP contribution in [0.1, 0.15) is 17.4 Å². The SMILES string of the molecule is Cn1ccnc1CC(N)c1ccc(OC(F)F)cc1. The van der Waals surface area contributed by atoms with E-state index in [0.717, 1.165) is 11.4 Å². The molecule has 0 fully saturated rings. The maximum absolute atomic E-state index is 12.0. The molecule has 0 amide bonds. The number of nitrogens with zero attached hydrogens (tertiary/aromatic N) is 2. The van der Waals surface area contributed by atoms with Crippen LogP contribution < -0.4 is 10.5 Å². The van der Waals surface area contributed by atoms with Crippen molar-refractivity contribution < 1.29 is 13.5 Å². The van der Waals surface area contributed by atoms with Crippen molar-refractivity contribution in [2.24, 2.45) is 12.8 Å². The summed E-state index contributed by atoms with van der Waals surface area (Å²) in [5.74, 6) is 1.00. The summed E-state index contributed by atoms with van der Waals surface area (Å²) in [5, 5.41) is 0. The van der Waals surface area contributed by atoms with Crippen LogP contribution in [0.2, 0.25) is 0 Å². The van der Waals surface area contributed by atoms with E-state index in [1.54, 1.807) is 18.3 Å². The summed E-state index contributed by atoms with van der Waals surface area (Å²) in [6, 6.07) is 6.11. The maximum atomic E-state index is 12.0. The number of halogens is 2. The Kier molecular flexibility index (Phi) is 4.11. The Morgan fingerprint density at radius 2 is 2.00 bits per heavy atom. The molecule has 1 unspecified atom stereocenters. The third-order valence-electron chi connectivity index (χ3n) is 2.86. The van der Waals surface area contributed by atoms with E-state index in [1.165, 1.54) is 12.1 Å². The van der Waals surface area contributed by atoms with E-state index in [-0.39, 0.29) is 11.8 Å². The highest BCUT2D eigenvalue weighted by Crippen LogP contribution is 2.20. The summed E-state index contributed by atoms with van der Waals surface area (Å²) < 4.78 is 30.2. The zero-order valence-corrected chi connectivity index (χ0v) is 10.5. The molecule has 0 aliphatic carbocycles. The number of rotatable bonds is 5. The van der Waals surface area contributed by atoms with Crippen LogP contribution in [0.3, 0.4) is 0 Å². The van der Waals surface area contributed by atoms with Gasteiger partial charge in [0.15, 0.2) is 0 Å². The molecule has 1 aromatic heterocycles. The molecular weight excluding hydrogens is 252 g/mol. The molecule has 0 aliphatic rings. The van der Waals surface area contributed by atoms with Crippen molar-refractivity contribution in [1.29, 1.82) is 0 Å². The number of imidazole rings is 1. The highest BCUT2D eigenvalue weighted by molar-refractivity contribution is 5.29. The second-order valence-corrected chi connectivity index (χ2v) is 4.21. The topological polar surface area (TPSA) is 53.1 Å². The molecule has 0 bridgehead atoms. The first-order valence-corrected chi connectivity index (χ1v) is 5.83. The molecule has 0 spiro atoms. The first-order chi connectivity index (χ1) is 9.06. The van der Waals surface area contributed by atoms with Crippen molar-refractivity contribution in [2.45, 2.75) is 19.1 Å². The Morgan fingerprint density at radius 3 is 2.53 bits per heavy atom. The normalized spacial score (nSPS) is 12.7. The van der Waals surface area contributed by atoms with Crippen molar-refractivity contribution >= 4 is 0 Å². The largest absolute Gasteiger partial charge is 0.435 e. The van der Waals surface area contributed by atoms with Gasteiger partial charge in [-0.1, -0.05) is 12.1 Å². The molecular formula is C13H15F2N3O. The van der Waals surface area contributed by atoms with Gasteiger partial charge in [0.05, 0.1) is 0 Å². The standard InChI is InChI=1S/C13H15F2N3O/c1-18-7-6-17-12(18)8-11(16)9-2-4-10(5-3-9)19-13(14)15/h2-7,11,13H,8,16H2,1H3. The number of aryl methyl sites for hydroxylation is 1. The number of alkyl halides is 2. The molecule has 19 heavy (non-hydrogen) atoms. The van der Waals surface area contributed by atoms with Gasteiger partial charge in [-0.3, -0.25) is 0 Å². The summed E-state index contributed by atoms with van der Waals surface area (Å²) in [6.07, 6.45) is 4.14. The average molecular weight is 267 g/mol. The molecule has 0 saturated heterocycles. The first kappa shape index (κ1) is 13.5. The minimum Gasteiger partial charge on any atom is -0.435 e. The molecule has 1 heterocycles. The molecule has 4 nitrogen and oxygen atoms in total. The minimum absolute atomic E-state index is 0.128. The summed E-state index contributed by atoms with van der Waals surface area (Å²) in [6.45, 7) is -2.81. The van der Waals surface area contributed by atoms with Crippen molar-refractivity contribution in [2.75, 3.05) is 0 Å². The van der Waals surface area contributed by atoms with Gasteiger partial charge in [0.25, 0.3) is 0 Å². The molecule has 6 heteroatoms. The number of aromatic nitrogens is 2. The van der Waals surface area contributed by atoms with Crippen molar-refractivity contribution in [1.82, 2.24) is 9.55 Å². The molecule has 0 radical (unpaired) electrons. The highest BCUT2D eigenvalue weighted by Gasteiger charge is 2.11. The van der Waals surface area contributed by atoms with Crippen LogP contribution in [0, 0.1) is 0 Å². The lowest BCUT2D eigenvalue weighted by atomic mass is 10.0. The third-order valence-corrected chi connectivity index (χ3v) is 2.86. The second-order valence-electron chi connectivity index (χ2n) is 4.21. The lowest BCUT2D eigenvalue weighted by Gasteiger charge is -2.12. The maximum Gasteiger partial charge on any atom is 0.387 e. The van der Waals surface area contributed by atoms with Gasteiger partial charge >= 0.3 is 6.61 Å². The fraction of sp³-hybridized carbons (Fsp3) is 0.308. The lowest BCUT2D eigenvalue weighted by molar-refractivity contribution is -0.0498. The van der Waals surface area contributed by atoms with Crippen molar-refractivity contribution in [3.8, 4) is 5.75 Å².